The van der Waals surface area contributed by atoms with Crippen LogP contribution in [0.5, 0.6) is 11.5 Å². The Balaban J connectivity index is 1.57. The number of methoxy groups -OCH3 is 1. The summed E-state index contributed by atoms with van der Waals surface area (Å²) >= 11 is 0. The number of hydrogen-bond donors (Lipinski definition) is 3. The van der Waals surface area contributed by atoms with Gasteiger partial charge in [0.05, 0.1) is 25.3 Å². The molecule has 3 N–H and O–H groups in total. The van der Waals surface area contributed by atoms with E-state index in [2.05, 4.69) is 51.6 Å². The largest absolute Gasteiger partial charge is 0.504 e. The first-order chi connectivity index (χ1) is 16.9. The fraction of sp³-hybridized carbons (Fsp3) is 0.385. The molecule has 186 valence electrons. The summed E-state index contributed by atoms with van der Waals surface area (Å²) in [6, 6.07) is 12.1. The van der Waals surface area contributed by atoms with Gasteiger partial charge in [0.1, 0.15) is 0 Å². The number of urea groups is 1. The SMILES string of the molecule is CCOc1cc(C2NC(=O)NC(CN3CCN(c4cccc(C)c4)CC3)=C2C(=O)OC)ccc1O. The number of nitrogens with one attached hydrogen (secondary N) is 2. The quantitative estimate of drug-likeness (QED) is 0.524. The van der Waals surface area contributed by atoms with Crippen molar-refractivity contribution in [3.8, 4) is 11.5 Å². The van der Waals surface area contributed by atoms with Gasteiger partial charge in [0.25, 0.3) is 0 Å². The standard InChI is InChI=1S/C26H32N4O5/c1-4-35-22-15-18(8-9-21(22)31)24-23(25(32)34-3)20(27-26(33)28-24)16-29-10-12-30(13-11-29)19-7-5-6-17(2)14-19/h5-9,14-15,24,31H,4,10-13,16H2,1-3H3,(H2,27,28,33). The highest BCUT2D eigenvalue weighted by Gasteiger charge is 2.35. The Morgan fingerprint density at radius 3 is 2.60 bits per heavy atom. The maximum Gasteiger partial charge on any atom is 0.338 e. The number of ether oxygens (including phenoxy) is 2. The molecular weight excluding hydrogens is 448 g/mol. The molecule has 35 heavy (non-hydrogen) atoms. The Bertz CT molecular complexity index is 1120. The molecule has 1 fully saturated rings. The van der Waals surface area contributed by atoms with Gasteiger partial charge in [-0.2, -0.15) is 0 Å². The molecule has 9 heteroatoms. The van der Waals surface area contributed by atoms with Crippen LogP contribution in [0.25, 0.3) is 0 Å². The molecule has 1 saturated heterocycles. The number of hydrogen-bond acceptors (Lipinski definition) is 7. The van der Waals surface area contributed by atoms with Gasteiger partial charge in [-0.15, -0.1) is 0 Å². The molecule has 0 spiro atoms. The van der Waals surface area contributed by atoms with Gasteiger partial charge in [0.15, 0.2) is 11.5 Å². The van der Waals surface area contributed by atoms with Gasteiger partial charge in [0, 0.05) is 44.1 Å². The fourth-order valence-electron chi connectivity index (χ4n) is 4.54. The van der Waals surface area contributed by atoms with Gasteiger partial charge >= 0.3 is 12.0 Å². The number of amides is 2. The summed E-state index contributed by atoms with van der Waals surface area (Å²) in [4.78, 5) is 30.0. The van der Waals surface area contributed by atoms with Crippen LogP contribution in [0, 0.1) is 6.92 Å². The molecule has 2 aromatic rings. The Kier molecular flexibility index (Phi) is 7.45. The Hall–Kier alpha value is -3.72. The minimum Gasteiger partial charge on any atom is -0.504 e. The predicted molar refractivity (Wildman–Crippen MR) is 133 cm³/mol. The van der Waals surface area contributed by atoms with E-state index in [-0.39, 0.29) is 11.5 Å². The molecule has 0 aliphatic carbocycles. The molecule has 0 bridgehead atoms. The number of phenols is 1. The van der Waals surface area contributed by atoms with Crippen molar-refractivity contribution in [1.82, 2.24) is 15.5 Å². The number of carbonyl (C=O) groups is 2. The minimum atomic E-state index is -0.736. The van der Waals surface area contributed by atoms with E-state index in [0.29, 0.717) is 30.0 Å². The van der Waals surface area contributed by atoms with Crippen LogP contribution in [0.4, 0.5) is 10.5 Å². The van der Waals surface area contributed by atoms with Gasteiger partial charge in [-0.1, -0.05) is 18.2 Å². The van der Waals surface area contributed by atoms with E-state index >= 15 is 0 Å². The molecule has 1 unspecified atom stereocenters. The summed E-state index contributed by atoms with van der Waals surface area (Å²) < 4.78 is 10.6. The summed E-state index contributed by atoms with van der Waals surface area (Å²) in [6.45, 7) is 7.94. The number of phenolic OH excluding ortho intramolecular Hbond substituents is 1. The first-order valence-electron chi connectivity index (χ1n) is 11.8. The minimum absolute atomic E-state index is 0.00818. The normalized spacial score (nSPS) is 18.7. The second-order valence-electron chi connectivity index (χ2n) is 8.68. The number of esters is 1. The third-order valence-corrected chi connectivity index (χ3v) is 6.30. The molecule has 4 rings (SSSR count). The lowest BCUT2D eigenvalue weighted by Gasteiger charge is -2.38. The lowest BCUT2D eigenvalue weighted by Crippen LogP contribution is -2.51. The van der Waals surface area contributed by atoms with E-state index in [1.807, 2.05) is 6.92 Å². The molecule has 2 aliphatic heterocycles. The number of carbonyl (C=O) groups excluding carboxylic acids is 2. The van der Waals surface area contributed by atoms with E-state index in [4.69, 9.17) is 9.47 Å². The molecule has 9 nitrogen and oxygen atoms in total. The van der Waals surface area contributed by atoms with Crippen molar-refractivity contribution in [2.45, 2.75) is 19.9 Å². The van der Waals surface area contributed by atoms with Crippen molar-refractivity contribution in [3.63, 3.8) is 0 Å². The number of rotatable bonds is 7. The van der Waals surface area contributed by atoms with Gasteiger partial charge in [-0.05, 0) is 49.2 Å². The average molecular weight is 481 g/mol. The predicted octanol–water partition coefficient (Wildman–Crippen LogP) is 2.70. The van der Waals surface area contributed by atoms with Crippen LogP contribution in [0.2, 0.25) is 0 Å². The molecule has 0 aromatic heterocycles. The van der Waals surface area contributed by atoms with Crippen molar-refractivity contribution < 1.29 is 24.2 Å². The topological polar surface area (TPSA) is 103 Å². The Morgan fingerprint density at radius 2 is 1.91 bits per heavy atom. The van der Waals surface area contributed by atoms with Crippen LogP contribution in [-0.4, -0.2) is 68.4 Å². The van der Waals surface area contributed by atoms with Crippen molar-refractivity contribution in [1.29, 1.82) is 0 Å². The van der Waals surface area contributed by atoms with Crippen LogP contribution in [0.15, 0.2) is 53.7 Å². The molecule has 2 heterocycles. The van der Waals surface area contributed by atoms with Crippen LogP contribution in [0.1, 0.15) is 24.1 Å². The van der Waals surface area contributed by atoms with E-state index in [0.717, 1.165) is 26.2 Å². The van der Waals surface area contributed by atoms with Crippen LogP contribution < -0.4 is 20.3 Å². The molecule has 0 radical (unpaired) electrons. The third kappa shape index (κ3) is 5.51. The van der Waals surface area contributed by atoms with E-state index in [1.54, 1.807) is 12.1 Å². The lowest BCUT2D eigenvalue weighted by molar-refractivity contribution is -0.136. The van der Waals surface area contributed by atoms with Crippen molar-refractivity contribution >= 4 is 17.7 Å². The van der Waals surface area contributed by atoms with Gasteiger partial charge < -0.3 is 30.1 Å². The Labute approximate surface area is 205 Å². The third-order valence-electron chi connectivity index (χ3n) is 6.30. The van der Waals surface area contributed by atoms with E-state index in [9.17, 15) is 14.7 Å². The van der Waals surface area contributed by atoms with Crippen molar-refractivity contribution in [3.05, 3.63) is 64.9 Å². The summed E-state index contributed by atoms with van der Waals surface area (Å²) in [5, 5.41) is 15.7. The first-order valence-corrected chi connectivity index (χ1v) is 11.8. The van der Waals surface area contributed by atoms with Crippen LogP contribution in [0.3, 0.4) is 0 Å². The van der Waals surface area contributed by atoms with Crippen LogP contribution in [-0.2, 0) is 9.53 Å². The summed E-state index contributed by atoms with van der Waals surface area (Å²) in [7, 11) is 1.32. The fourth-order valence-corrected chi connectivity index (χ4v) is 4.54. The number of piperazine rings is 1. The zero-order valence-electron chi connectivity index (χ0n) is 20.3. The summed E-state index contributed by atoms with van der Waals surface area (Å²) in [5.74, 6) is -0.246. The highest BCUT2D eigenvalue weighted by molar-refractivity contribution is 5.95. The maximum atomic E-state index is 12.9. The van der Waals surface area contributed by atoms with Crippen LogP contribution >= 0.6 is 0 Å². The van der Waals surface area contributed by atoms with E-state index in [1.165, 1.54) is 24.4 Å². The highest BCUT2D eigenvalue weighted by Crippen LogP contribution is 2.34. The van der Waals surface area contributed by atoms with Gasteiger partial charge in [-0.25, -0.2) is 9.59 Å². The average Bonchev–Trinajstić information content (AvgIpc) is 2.85. The van der Waals surface area contributed by atoms with Gasteiger partial charge in [-0.3, -0.25) is 4.90 Å². The number of nitrogens with zero attached hydrogens (tertiary/aromatic N) is 2. The number of aromatic hydroxyl groups is 1. The molecule has 1 atom stereocenters. The highest BCUT2D eigenvalue weighted by atomic mass is 16.5. The maximum absolute atomic E-state index is 12.9. The number of aryl methyl sites for hydroxylation is 1. The zero-order valence-corrected chi connectivity index (χ0v) is 20.3. The molecule has 2 amide bonds. The first kappa shape index (κ1) is 24.4. The monoisotopic (exact) mass is 480 g/mol. The van der Waals surface area contributed by atoms with Crippen molar-refractivity contribution in [2.24, 2.45) is 0 Å². The number of anilines is 1. The molecule has 2 aromatic carbocycles. The second kappa shape index (κ2) is 10.7. The Morgan fingerprint density at radius 1 is 1.14 bits per heavy atom. The molecule has 0 saturated carbocycles. The summed E-state index contributed by atoms with van der Waals surface area (Å²) in [5.41, 5.74) is 3.89. The lowest BCUT2D eigenvalue weighted by atomic mass is 9.94. The zero-order chi connectivity index (χ0) is 24.9. The summed E-state index contributed by atoms with van der Waals surface area (Å²) in [6.07, 6.45) is 0. The molecule has 2 aliphatic rings. The van der Waals surface area contributed by atoms with Gasteiger partial charge in [0.2, 0.25) is 0 Å². The molecular formula is C26H32N4O5. The van der Waals surface area contributed by atoms with E-state index < -0.39 is 18.0 Å². The second-order valence-corrected chi connectivity index (χ2v) is 8.68. The van der Waals surface area contributed by atoms with Crippen molar-refractivity contribution in [2.75, 3.05) is 51.3 Å². The smallest absolute Gasteiger partial charge is 0.338 e. The number of benzene rings is 2.